The van der Waals surface area contributed by atoms with Gasteiger partial charge in [-0.15, -0.1) is 0 Å². The molecule has 70 valence electrons. The van der Waals surface area contributed by atoms with Crippen molar-refractivity contribution < 1.29 is 70.9 Å². The fourth-order valence-electron chi connectivity index (χ4n) is 0.672. The van der Waals surface area contributed by atoms with Crippen molar-refractivity contribution in [1.29, 1.82) is 0 Å². The van der Waals surface area contributed by atoms with E-state index in [2.05, 4.69) is 0 Å². The molecule has 0 radical (unpaired) electrons. The molecule has 0 aliphatic heterocycles. The van der Waals surface area contributed by atoms with Crippen LogP contribution in [0.25, 0.3) is 0 Å². The molecule has 0 saturated carbocycles. The average Bonchev–Trinajstić information content (AvgIpc) is 1.88. The maximum absolute atomic E-state index is 9.48. The van der Waals surface area contributed by atoms with Crippen LogP contribution in [0.5, 0.6) is 0 Å². The molecular formula is C6H17KO4Si. The van der Waals surface area contributed by atoms with Crippen LogP contribution in [-0.2, 0) is 13.3 Å². The molecule has 0 atom stereocenters. The van der Waals surface area contributed by atoms with Crippen LogP contribution in [0, 0.1) is 0 Å². The van der Waals surface area contributed by atoms with Gasteiger partial charge in [-0.3, -0.25) is 0 Å². The molecule has 6 heteroatoms. The quantitative estimate of drug-likeness (QED) is 0.509. The Morgan fingerprint density at radius 1 is 1.00 bits per heavy atom. The van der Waals surface area contributed by atoms with Gasteiger partial charge in [-0.1, -0.05) is 0 Å². The third-order valence-corrected chi connectivity index (χ3v) is 2.94. The number of hydrogen-bond acceptors (Lipinski definition) is 4. The summed E-state index contributed by atoms with van der Waals surface area (Å²) in [5.74, 6) is 0. The summed E-state index contributed by atoms with van der Waals surface area (Å²) in [6.45, 7) is 6.58. The monoisotopic (exact) mass is 220 g/mol. The maximum atomic E-state index is 9.48. The Kier molecular flexibility index (Phi) is 12.4. The normalized spacial score (nSPS) is 11.0. The summed E-state index contributed by atoms with van der Waals surface area (Å²) in [7, 11) is -3.25. The first-order valence-electron chi connectivity index (χ1n) is 3.82. The van der Waals surface area contributed by atoms with Crippen molar-refractivity contribution in [1.82, 2.24) is 0 Å². The molecule has 0 aromatic heterocycles. The predicted molar refractivity (Wildman–Crippen MR) is 44.0 cm³/mol. The van der Waals surface area contributed by atoms with Crippen molar-refractivity contribution in [3.05, 3.63) is 0 Å². The summed E-state index contributed by atoms with van der Waals surface area (Å²) in [5, 5.41) is 0. The molecular weight excluding hydrogens is 203 g/mol. The van der Waals surface area contributed by atoms with Crippen molar-refractivity contribution in [3.8, 4) is 0 Å². The average molecular weight is 220 g/mol. The Labute approximate surface area is 119 Å². The van der Waals surface area contributed by atoms with Crippen molar-refractivity contribution in [3.63, 3.8) is 0 Å². The van der Waals surface area contributed by atoms with Gasteiger partial charge in [-0.2, -0.15) is 0 Å². The summed E-state index contributed by atoms with van der Waals surface area (Å²) < 4.78 is 14.9. The van der Waals surface area contributed by atoms with Crippen LogP contribution in [0.2, 0.25) is 0 Å². The largest absolute Gasteiger partial charge is 1.00 e. The Hall–Kier alpha value is 1.69. The minimum atomic E-state index is -3.25. The van der Waals surface area contributed by atoms with E-state index in [9.17, 15) is 4.80 Å². The predicted octanol–water partition coefficient (Wildman–Crippen LogP) is -2.36. The van der Waals surface area contributed by atoms with Crippen molar-refractivity contribution in [2.24, 2.45) is 0 Å². The molecule has 1 N–H and O–H groups in total. The van der Waals surface area contributed by atoms with Crippen LogP contribution in [0.1, 0.15) is 22.2 Å². The number of rotatable bonds is 6. The Morgan fingerprint density at radius 3 is 1.42 bits per heavy atom. The molecule has 12 heavy (non-hydrogen) atoms. The summed E-state index contributed by atoms with van der Waals surface area (Å²) in [6, 6.07) is 0. The summed E-state index contributed by atoms with van der Waals surface area (Å²) in [5.41, 5.74) is 0. The zero-order valence-electron chi connectivity index (χ0n) is 9.29. The van der Waals surface area contributed by atoms with Crippen molar-refractivity contribution in [2.45, 2.75) is 20.8 Å². The van der Waals surface area contributed by atoms with E-state index in [1.54, 1.807) is 20.8 Å². The first-order chi connectivity index (χ1) is 5.18. The minimum absolute atomic E-state index is 0. The van der Waals surface area contributed by atoms with Crippen LogP contribution >= 0.6 is 0 Å². The van der Waals surface area contributed by atoms with Crippen LogP contribution in [0.3, 0.4) is 0 Å². The molecule has 0 amide bonds. The molecule has 0 saturated heterocycles. The molecule has 0 aromatic carbocycles. The Balaban J connectivity index is -0.000000500. The van der Waals surface area contributed by atoms with E-state index in [4.69, 9.17) is 13.3 Å². The van der Waals surface area contributed by atoms with Crippen LogP contribution in [0.15, 0.2) is 0 Å². The molecule has 0 bridgehead atoms. The molecule has 0 unspecified atom stereocenters. The van der Waals surface area contributed by atoms with Gasteiger partial charge in [0.15, 0.2) is 0 Å². The van der Waals surface area contributed by atoms with Gasteiger partial charge < -0.3 is 19.5 Å². The summed E-state index contributed by atoms with van der Waals surface area (Å²) in [4.78, 5) is 9.48. The van der Waals surface area contributed by atoms with E-state index in [0.29, 0.717) is 19.8 Å². The van der Waals surface area contributed by atoms with Gasteiger partial charge >= 0.3 is 60.4 Å². The smallest absolute Gasteiger partial charge is 1.00 e. The standard InChI is InChI=1S/C6H16O4Si.K.H/c1-4-8-11(7,9-5-2)10-6-3;;/h7H,4-6H2,1-3H3;;/q;+1;-1. The first kappa shape index (κ1) is 16.1. The van der Waals surface area contributed by atoms with Gasteiger partial charge in [0, 0.05) is 19.8 Å². The molecule has 0 rings (SSSR count). The Bertz CT molecular complexity index is 91.6. The van der Waals surface area contributed by atoms with Gasteiger partial charge in [0.25, 0.3) is 0 Å². The molecule has 0 aromatic rings. The third kappa shape index (κ3) is 7.13. The maximum Gasteiger partial charge on any atom is 1.00 e. The molecule has 0 fully saturated rings. The molecule has 4 nitrogen and oxygen atoms in total. The van der Waals surface area contributed by atoms with E-state index < -0.39 is 9.05 Å². The number of hydrogen-bond donors (Lipinski definition) is 1. The second-order valence-corrected chi connectivity index (χ2v) is 3.74. The fourth-order valence-corrected chi connectivity index (χ4v) is 2.02. The van der Waals surface area contributed by atoms with E-state index in [1.165, 1.54) is 0 Å². The SMILES string of the molecule is CCO[Si](O)(OCC)OCC.[H-].[K+]. The summed E-state index contributed by atoms with van der Waals surface area (Å²) in [6.07, 6.45) is 0. The van der Waals surface area contributed by atoms with Gasteiger partial charge in [0.2, 0.25) is 0 Å². The zero-order valence-corrected chi connectivity index (χ0v) is 12.4. The second kappa shape index (κ2) is 9.26. The minimum Gasteiger partial charge on any atom is -1.00 e. The molecule has 0 heterocycles. The van der Waals surface area contributed by atoms with E-state index in [1.807, 2.05) is 0 Å². The van der Waals surface area contributed by atoms with E-state index >= 15 is 0 Å². The Morgan fingerprint density at radius 2 is 1.25 bits per heavy atom. The molecule has 0 aliphatic carbocycles. The van der Waals surface area contributed by atoms with Gasteiger partial charge in [-0.05, 0) is 20.8 Å². The van der Waals surface area contributed by atoms with Crippen molar-refractivity contribution in [2.75, 3.05) is 19.8 Å². The topological polar surface area (TPSA) is 47.9 Å². The zero-order chi connectivity index (χ0) is 8.74. The van der Waals surface area contributed by atoms with E-state index in [0.717, 1.165) is 0 Å². The van der Waals surface area contributed by atoms with Gasteiger partial charge in [-0.25, -0.2) is 0 Å². The fraction of sp³-hybridized carbons (Fsp3) is 1.00. The van der Waals surface area contributed by atoms with Crippen LogP contribution in [-0.4, -0.2) is 33.7 Å². The third-order valence-electron chi connectivity index (χ3n) is 0.980. The molecule has 0 aliphatic rings. The van der Waals surface area contributed by atoms with Crippen LogP contribution < -0.4 is 51.4 Å². The first-order valence-corrected chi connectivity index (χ1v) is 5.50. The van der Waals surface area contributed by atoms with Crippen molar-refractivity contribution >= 4 is 9.05 Å². The van der Waals surface area contributed by atoms with E-state index in [-0.39, 0.29) is 52.8 Å². The van der Waals surface area contributed by atoms with Crippen LogP contribution in [0.4, 0.5) is 0 Å². The second-order valence-electron chi connectivity index (χ2n) is 1.82. The van der Waals surface area contributed by atoms with Gasteiger partial charge in [0.1, 0.15) is 0 Å². The van der Waals surface area contributed by atoms with Gasteiger partial charge in [0.05, 0.1) is 0 Å². The molecule has 0 spiro atoms. The summed E-state index contributed by atoms with van der Waals surface area (Å²) >= 11 is 0.